The van der Waals surface area contributed by atoms with Crippen LogP contribution in [-0.4, -0.2) is 51.2 Å². The van der Waals surface area contributed by atoms with Gasteiger partial charge in [-0.2, -0.15) is 0 Å². The van der Waals surface area contributed by atoms with Crippen LogP contribution in [0.4, 0.5) is 5.69 Å². The number of benzene rings is 1. The summed E-state index contributed by atoms with van der Waals surface area (Å²) in [6.07, 6.45) is 5.48. The first-order valence-electron chi connectivity index (χ1n) is 9.37. The number of hydrogen-bond donors (Lipinski definition) is 0. The first kappa shape index (κ1) is 20.6. The normalized spacial score (nSPS) is 17.8. The zero-order valence-electron chi connectivity index (χ0n) is 16.0. The number of carbonyl (C=O) groups is 1. The Morgan fingerprint density at radius 1 is 1.27 bits per heavy atom. The Morgan fingerprint density at radius 3 is 2.65 bits per heavy atom. The van der Waals surface area contributed by atoms with Crippen LogP contribution in [0.15, 0.2) is 24.3 Å². The first-order chi connectivity index (χ1) is 12.4. The summed E-state index contributed by atoms with van der Waals surface area (Å²) >= 11 is 0. The molecule has 0 bridgehead atoms. The van der Waals surface area contributed by atoms with E-state index in [9.17, 15) is 13.2 Å². The molecule has 1 aromatic carbocycles. The van der Waals surface area contributed by atoms with Gasteiger partial charge in [0.2, 0.25) is 15.9 Å². The molecule has 1 saturated heterocycles. The Labute approximate surface area is 157 Å². The zero-order valence-corrected chi connectivity index (χ0v) is 16.8. The lowest BCUT2D eigenvalue weighted by molar-refractivity contribution is -0.134. The topological polar surface area (TPSA) is 66.9 Å². The third kappa shape index (κ3) is 5.13. The highest BCUT2D eigenvalue weighted by molar-refractivity contribution is 7.92. The number of rotatable bonds is 8. The molecule has 26 heavy (non-hydrogen) atoms. The van der Waals surface area contributed by atoms with Crippen LogP contribution in [0.2, 0.25) is 0 Å². The number of likely N-dealkylation sites (tertiary alicyclic amines) is 1. The number of hydrogen-bond acceptors (Lipinski definition) is 4. The lowest BCUT2D eigenvalue weighted by atomic mass is 9.99. The quantitative estimate of drug-likeness (QED) is 0.693. The van der Waals surface area contributed by atoms with Gasteiger partial charge in [-0.15, -0.1) is 0 Å². The van der Waals surface area contributed by atoms with Crippen LogP contribution < -0.4 is 9.04 Å². The van der Waals surface area contributed by atoms with Crippen molar-refractivity contribution in [3.63, 3.8) is 0 Å². The number of amides is 1. The molecule has 2 rings (SSSR count). The second kappa shape index (κ2) is 9.26. The van der Waals surface area contributed by atoms with Crippen molar-refractivity contribution in [1.82, 2.24) is 4.90 Å². The third-order valence-electron chi connectivity index (χ3n) is 4.78. The number of ether oxygens (including phenoxy) is 1. The highest BCUT2D eigenvalue weighted by Crippen LogP contribution is 2.30. The molecular weight excluding hydrogens is 352 g/mol. The van der Waals surface area contributed by atoms with Gasteiger partial charge in [0, 0.05) is 25.6 Å². The van der Waals surface area contributed by atoms with Crippen LogP contribution in [0.1, 0.15) is 46.0 Å². The molecule has 146 valence electrons. The third-order valence-corrected chi connectivity index (χ3v) is 5.96. The number of anilines is 1. The summed E-state index contributed by atoms with van der Waals surface area (Å²) in [6, 6.07) is 7.32. The number of sulfonamides is 1. The summed E-state index contributed by atoms with van der Waals surface area (Å²) in [5.74, 6) is 0.538. The van der Waals surface area contributed by atoms with Gasteiger partial charge in [0.05, 0.1) is 18.6 Å². The Morgan fingerprint density at radius 2 is 2.00 bits per heavy atom. The summed E-state index contributed by atoms with van der Waals surface area (Å²) in [4.78, 5) is 14.6. The lowest BCUT2D eigenvalue weighted by Crippen LogP contribution is -2.44. The lowest BCUT2D eigenvalue weighted by Gasteiger charge is -2.36. The van der Waals surface area contributed by atoms with Crippen LogP contribution >= 0.6 is 0 Å². The molecule has 1 aromatic rings. The molecule has 0 aromatic heterocycles. The fraction of sp³-hybridized carbons (Fsp3) is 0.632. The minimum absolute atomic E-state index is 0.0269. The van der Waals surface area contributed by atoms with E-state index < -0.39 is 10.0 Å². The average Bonchev–Trinajstić information content (AvgIpc) is 2.62. The van der Waals surface area contributed by atoms with Gasteiger partial charge in [0.1, 0.15) is 5.75 Å². The van der Waals surface area contributed by atoms with Crippen LogP contribution in [0.25, 0.3) is 0 Å². The molecule has 1 aliphatic heterocycles. The van der Waals surface area contributed by atoms with E-state index in [1.165, 1.54) is 4.31 Å². The minimum atomic E-state index is -3.52. The van der Waals surface area contributed by atoms with E-state index in [1.54, 1.807) is 24.3 Å². The van der Waals surface area contributed by atoms with Crippen LogP contribution in [0.3, 0.4) is 0 Å². The predicted octanol–water partition coefficient (Wildman–Crippen LogP) is 3.03. The summed E-state index contributed by atoms with van der Waals surface area (Å²) in [7, 11) is -3.52. The summed E-state index contributed by atoms with van der Waals surface area (Å²) < 4.78 is 31.5. The standard InChI is InChI=1S/C19H30N2O4S/c1-4-16-10-8-9-14-20(16)19(22)13-15-21(26(3,23)24)17-11-6-7-12-18(17)25-5-2/h6-7,11-12,16H,4-5,8-10,13-15H2,1-3H3. The van der Waals surface area contributed by atoms with Gasteiger partial charge in [0.15, 0.2) is 0 Å². The number of piperidine rings is 1. The largest absolute Gasteiger partial charge is 0.492 e. The molecule has 0 N–H and O–H groups in total. The molecular formula is C19H30N2O4S. The van der Waals surface area contributed by atoms with Crippen molar-refractivity contribution < 1.29 is 17.9 Å². The van der Waals surface area contributed by atoms with E-state index in [0.717, 1.165) is 38.5 Å². The van der Waals surface area contributed by atoms with Crippen molar-refractivity contribution in [3.05, 3.63) is 24.3 Å². The highest BCUT2D eigenvalue weighted by atomic mass is 32.2. The second-order valence-electron chi connectivity index (χ2n) is 6.63. The highest BCUT2D eigenvalue weighted by Gasteiger charge is 2.27. The molecule has 0 aliphatic carbocycles. The molecule has 1 unspecified atom stereocenters. The smallest absolute Gasteiger partial charge is 0.232 e. The molecule has 0 radical (unpaired) electrons. The molecule has 1 fully saturated rings. The zero-order chi connectivity index (χ0) is 19.2. The Bertz CT molecular complexity index is 705. The second-order valence-corrected chi connectivity index (χ2v) is 8.54. The molecule has 0 saturated carbocycles. The van der Waals surface area contributed by atoms with Crippen molar-refractivity contribution >= 4 is 21.6 Å². The van der Waals surface area contributed by atoms with Crippen molar-refractivity contribution in [1.29, 1.82) is 0 Å². The van der Waals surface area contributed by atoms with Gasteiger partial charge in [-0.05, 0) is 44.7 Å². The monoisotopic (exact) mass is 382 g/mol. The van der Waals surface area contributed by atoms with E-state index in [4.69, 9.17) is 4.74 Å². The maximum atomic E-state index is 12.7. The fourth-order valence-corrected chi connectivity index (χ4v) is 4.43. The molecule has 1 atom stereocenters. The van der Waals surface area contributed by atoms with Crippen molar-refractivity contribution in [2.24, 2.45) is 0 Å². The predicted molar refractivity (Wildman–Crippen MR) is 104 cm³/mol. The fourth-order valence-electron chi connectivity index (χ4n) is 3.50. The molecule has 6 nitrogen and oxygen atoms in total. The van der Waals surface area contributed by atoms with Gasteiger partial charge < -0.3 is 9.64 Å². The minimum Gasteiger partial charge on any atom is -0.492 e. The van der Waals surface area contributed by atoms with E-state index in [2.05, 4.69) is 6.92 Å². The molecule has 1 amide bonds. The maximum absolute atomic E-state index is 12.7. The molecule has 7 heteroatoms. The molecule has 1 aliphatic rings. The molecule has 0 spiro atoms. The van der Waals surface area contributed by atoms with E-state index in [-0.39, 0.29) is 24.9 Å². The SMILES string of the molecule is CCOc1ccccc1N(CCC(=O)N1CCCCC1CC)S(C)(=O)=O. The van der Waals surface area contributed by atoms with E-state index in [1.807, 2.05) is 11.8 Å². The summed E-state index contributed by atoms with van der Waals surface area (Å²) in [5.41, 5.74) is 0.482. The van der Waals surface area contributed by atoms with Crippen molar-refractivity contribution in [2.75, 3.05) is 30.3 Å². The van der Waals surface area contributed by atoms with Crippen LogP contribution in [0.5, 0.6) is 5.75 Å². The van der Waals surface area contributed by atoms with E-state index >= 15 is 0 Å². The Kier molecular flexibility index (Phi) is 7.32. The number of carbonyl (C=O) groups excluding carboxylic acids is 1. The number of para-hydroxylation sites is 2. The Hall–Kier alpha value is -1.76. The van der Waals surface area contributed by atoms with Crippen LogP contribution in [-0.2, 0) is 14.8 Å². The maximum Gasteiger partial charge on any atom is 0.232 e. The van der Waals surface area contributed by atoms with Gasteiger partial charge in [0.25, 0.3) is 0 Å². The van der Waals surface area contributed by atoms with E-state index in [0.29, 0.717) is 18.0 Å². The van der Waals surface area contributed by atoms with Gasteiger partial charge in [-0.1, -0.05) is 19.1 Å². The van der Waals surface area contributed by atoms with Gasteiger partial charge in [-0.3, -0.25) is 9.10 Å². The summed E-state index contributed by atoms with van der Waals surface area (Å²) in [5, 5.41) is 0. The van der Waals surface area contributed by atoms with Crippen molar-refractivity contribution in [3.8, 4) is 5.75 Å². The Balaban J connectivity index is 2.16. The molecule has 1 heterocycles. The first-order valence-corrected chi connectivity index (χ1v) is 11.2. The van der Waals surface area contributed by atoms with Crippen molar-refractivity contribution in [2.45, 2.75) is 52.0 Å². The summed E-state index contributed by atoms with van der Waals surface area (Å²) in [6.45, 7) is 5.28. The van der Waals surface area contributed by atoms with Crippen LogP contribution in [0, 0.1) is 0 Å². The number of nitrogens with zero attached hydrogens (tertiary/aromatic N) is 2. The average molecular weight is 383 g/mol. The van der Waals surface area contributed by atoms with Gasteiger partial charge >= 0.3 is 0 Å². The van der Waals surface area contributed by atoms with Gasteiger partial charge in [-0.25, -0.2) is 8.42 Å².